The van der Waals surface area contributed by atoms with Crippen molar-refractivity contribution in [1.29, 1.82) is 0 Å². The molecule has 0 bridgehead atoms. The molecule has 1 N–H and O–H groups in total. The first-order chi connectivity index (χ1) is 9.15. The van der Waals surface area contributed by atoms with Crippen LogP contribution in [-0.4, -0.2) is 14.2 Å². The molecule has 0 radical (unpaired) electrons. The van der Waals surface area contributed by atoms with Crippen LogP contribution < -0.4 is 10.1 Å². The maximum Gasteiger partial charge on any atom is 0.124 e. The predicted octanol–water partition coefficient (Wildman–Crippen LogP) is 3.28. The number of benzene rings is 2. The van der Waals surface area contributed by atoms with E-state index in [2.05, 4.69) is 5.32 Å². The van der Waals surface area contributed by atoms with Crippen LogP contribution in [0.4, 0.5) is 8.78 Å². The van der Waals surface area contributed by atoms with Crippen molar-refractivity contribution >= 4 is 0 Å². The van der Waals surface area contributed by atoms with E-state index in [1.54, 1.807) is 25.2 Å². The Morgan fingerprint density at radius 1 is 1.05 bits per heavy atom. The number of ether oxygens (including phenoxy) is 1. The summed E-state index contributed by atoms with van der Waals surface area (Å²) in [4.78, 5) is 0. The van der Waals surface area contributed by atoms with Gasteiger partial charge in [0.2, 0.25) is 0 Å². The summed E-state index contributed by atoms with van der Waals surface area (Å²) in [6.07, 6.45) is 0. The van der Waals surface area contributed by atoms with E-state index < -0.39 is 0 Å². The van der Waals surface area contributed by atoms with Gasteiger partial charge in [0.15, 0.2) is 0 Å². The van der Waals surface area contributed by atoms with Gasteiger partial charge in [-0.1, -0.05) is 12.1 Å². The summed E-state index contributed by atoms with van der Waals surface area (Å²) >= 11 is 0. The molecule has 1 atom stereocenters. The lowest BCUT2D eigenvalue weighted by Crippen LogP contribution is -2.18. The van der Waals surface area contributed by atoms with E-state index in [4.69, 9.17) is 4.74 Å². The van der Waals surface area contributed by atoms with Crippen molar-refractivity contribution in [3.05, 3.63) is 65.2 Å². The molecule has 4 heteroatoms. The summed E-state index contributed by atoms with van der Waals surface area (Å²) in [6, 6.07) is 10.2. The van der Waals surface area contributed by atoms with Gasteiger partial charge < -0.3 is 10.1 Å². The van der Waals surface area contributed by atoms with Crippen molar-refractivity contribution < 1.29 is 13.5 Å². The Bertz CT molecular complexity index is 572. The second-order valence-corrected chi connectivity index (χ2v) is 4.16. The Labute approximate surface area is 111 Å². The fourth-order valence-corrected chi connectivity index (χ4v) is 2.12. The van der Waals surface area contributed by atoms with Crippen molar-refractivity contribution in [3.8, 4) is 5.75 Å². The molecule has 0 aliphatic rings. The molecule has 2 nitrogen and oxygen atoms in total. The number of rotatable bonds is 4. The van der Waals surface area contributed by atoms with Gasteiger partial charge in [-0.15, -0.1) is 0 Å². The summed E-state index contributed by atoms with van der Waals surface area (Å²) in [5.74, 6) is -0.120. The summed E-state index contributed by atoms with van der Waals surface area (Å²) in [5.41, 5.74) is 1.35. The molecule has 1 unspecified atom stereocenters. The smallest absolute Gasteiger partial charge is 0.124 e. The average Bonchev–Trinajstić information content (AvgIpc) is 2.40. The molecule has 0 heterocycles. The first kappa shape index (κ1) is 13.5. The zero-order valence-corrected chi connectivity index (χ0v) is 10.8. The van der Waals surface area contributed by atoms with Gasteiger partial charge in [-0.25, -0.2) is 8.78 Å². The van der Waals surface area contributed by atoms with E-state index in [0.717, 1.165) is 0 Å². The minimum atomic E-state index is -0.354. The number of nitrogens with one attached hydrogen (secondary N) is 1. The van der Waals surface area contributed by atoms with Crippen LogP contribution in [0.5, 0.6) is 5.75 Å². The second-order valence-electron chi connectivity index (χ2n) is 4.16. The van der Waals surface area contributed by atoms with Gasteiger partial charge in [0.25, 0.3) is 0 Å². The van der Waals surface area contributed by atoms with E-state index in [1.165, 1.54) is 31.4 Å². The predicted molar refractivity (Wildman–Crippen MR) is 70.3 cm³/mol. The fraction of sp³-hybridized carbons (Fsp3) is 0.200. The largest absolute Gasteiger partial charge is 0.496 e. The van der Waals surface area contributed by atoms with Crippen molar-refractivity contribution in [2.45, 2.75) is 6.04 Å². The van der Waals surface area contributed by atoms with E-state index in [0.29, 0.717) is 16.9 Å². The van der Waals surface area contributed by atoms with Gasteiger partial charge in [0.1, 0.15) is 17.4 Å². The number of methoxy groups -OCH3 is 1. The molecular formula is C15H15F2NO. The third-order valence-corrected chi connectivity index (χ3v) is 2.97. The van der Waals surface area contributed by atoms with Gasteiger partial charge >= 0.3 is 0 Å². The van der Waals surface area contributed by atoms with E-state index >= 15 is 0 Å². The lowest BCUT2D eigenvalue weighted by Gasteiger charge is -2.20. The summed E-state index contributed by atoms with van der Waals surface area (Å²) in [7, 11) is 3.26. The number of hydrogen-bond donors (Lipinski definition) is 1. The Morgan fingerprint density at radius 3 is 2.42 bits per heavy atom. The Hall–Kier alpha value is -1.94. The van der Waals surface area contributed by atoms with E-state index in [1.807, 2.05) is 0 Å². The van der Waals surface area contributed by atoms with Gasteiger partial charge in [0, 0.05) is 5.56 Å². The van der Waals surface area contributed by atoms with Gasteiger partial charge in [-0.2, -0.15) is 0 Å². The molecule has 0 amide bonds. The van der Waals surface area contributed by atoms with E-state index in [9.17, 15) is 8.78 Å². The molecule has 0 spiro atoms. The highest BCUT2D eigenvalue weighted by atomic mass is 19.1. The monoisotopic (exact) mass is 263 g/mol. The number of halogens is 2. The Balaban J connectivity index is 2.50. The molecule has 2 rings (SSSR count). The van der Waals surface area contributed by atoms with Crippen molar-refractivity contribution in [3.63, 3.8) is 0 Å². The fourth-order valence-electron chi connectivity index (χ4n) is 2.12. The maximum absolute atomic E-state index is 13.4. The SMILES string of the molecule is CNC(c1cccc(F)c1)c1cc(F)ccc1OC. The molecule has 0 saturated carbocycles. The minimum absolute atomic E-state index is 0.326. The van der Waals surface area contributed by atoms with Crippen LogP contribution in [0, 0.1) is 11.6 Å². The van der Waals surface area contributed by atoms with Crippen LogP contribution in [0.15, 0.2) is 42.5 Å². The highest BCUT2D eigenvalue weighted by Gasteiger charge is 2.17. The minimum Gasteiger partial charge on any atom is -0.496 e. The highest BCUT2D eigenvalue weighted by molar-refractivity contribution is 5.42. The van der Waals surface area contributed by atoms with Crippen LogP contribution in [0.3, 0.4) is 0 Å². The summed E-state index contributed by atoms with van der Waals surface area (Å²) in [6.45, 7) is 0. The average molecular weight is 263 g/mol. The lowest BCUT2D eigenvalue weighted by molar-refractivity contribution is 0.403. The summed E-state index contributed by atoms with van der Waals surface area (Å²) < 4.78 is 32.0. The van der Waals surface area contributed by atoms with Crippen LogP contribution in [0.2, 0.25) is 0 Å². The molecule has 2 aromatic carbocycles. The highest BCUT2D eigenvalue weighted by Crippen LogP contribution is 2.30. The maximum atomic E-state index is 13.4. The standard InChI is InChI=1S/C15H15F2NO/c1-18-15(10-4-3-5-11(16)8-10)13-9-12(17)6-7-14(13)19-2/h3-9,15,18H,1-2H3. The zero-order valence-electron chi connectivity index (χ0n) is 10.8. The van der Waals surface area contributed by atoms with Crippen molar-refractivity contribution in [2.24, 2.45) is 0 Å². The van der Waals surface area contributed by atoms with Gasteiger partial charge in [-0.3, -0.25) is 0 Å². The summed E-state index contributed by atoms with van der Waals surface area (Å²) in [5, 5.41) is 3.05. The molecule has 100 valence electrons. The molecule has 0 saturated heterocycles. The topological polar surface area (TPSA) is 21.3 Å². The Morgan fingerprint density at radius 2 is 1.79 bits per heavy atom. The van der Waals surface area contributed by atoms with Crippen LogP contribution >= 0.6 is 0 Å². The van der Waals surface area contributed by atoms with Crippen molar-refractivity contribution in [1.82, 2.24) is 5.32 Å². The Kier molecular flexibility index (Phi) is 4.12. The normalized spacial score (nSPS) is 12.2. The zero-order chi connectivity index (χ0) is 13.8. The van der Waals surface area contributed by atoms with Gasteiger partial charge in [-0.05, 0) is 42.9 Å². The molecule has 0 aliphatic heterocycles. The number of hydrogen-bond acceptors (Lipinski definition) is 2. The van der Waals surface area contributed by atoms with Gasteiger partial charge in [0.05, 0.1) is 13.2 Å². The van der Waals surface area contributed by atoms with Crippen molar-refractivity contribution in [2.75, 3.05) is 14.2 Å². The second kappa shape index (κ2) is 5.80. The first-order valence-corrected chi connectivity index (χ1v) is 5.92. The molecule has 2 aromatic rings. The lowest BCUT2D eigenvalue weighted by atomic mass is 9.97. The molecule has 0 aliphatic carbocycles. The first-order valence-electron chi connectivity index (χ1n) is 5.92. The molecule has 0 fully saturated rings. The third-order valence-electron chi connectivity index (χ3n) is 2.97. The van der Waals surface area contributed by atoms with Crippen LogP contribution in [-0.2, 0) is 0 Å². The molecular weight excluding hydrogens is 248 g/mol. The third kappa shape index (κ3) is 2.90. The molecule has 0 aromatic heterocycles. The van der Waals surface area contributed by atoms with Crippen LogP contribution in [0.1, 0.15) is 17.2 Å². The van der Waals surface area contributed by atoms with E-state index in [-0.39, 0.29) is 17.7 Å². The van der Waals surface area contributed by atoms with Crippen LogP contribution in [0.25, 0.3) is 0 Å². The quantitative estimate of drug-likeness (QED) is 0.914. The molecule has 19 heavy (non-hydrogen) atoms.